The summed E-state index contributed by atoms with van der Waals surface area (Å²) in [6, 6.07) is 0. The first-order chi connectivity index (χ1) is 36.6. The first-order valence-corrected chi connectivity index (χ1v) is 29.7. The molecule has 0 amide bonds. The van der Waals surface area contributed by atoms with Gasteiger partial charge in [-0.15, -0.1) is 0 Å². The zero-order valence-electron chi connectivity index (χ0n) is 44.9. The fraction of sp³-hybridized carbons (Fsp3) is 0.914. The number of aliphatic hydroxyl groups is 3. The second kappa shape index (κ2) is 20.0. The maximum Gasteiger partial charge on any atom is 0.308 e. The third kappa shape index (κ3) is 9.26. The highest BCUT2D eigenvalue weighted by atomic mass is 16.8. The largest absolute Gasteiger partial charge is 0.459 e. The summed E-state index contributed by atoms with van der Waals surface area (Å²) in [4.78, 5) is 14.5. The molecular formula is C58H84O18. The molecular weight excluding hydrogens is 985 g/mol. The molecule has 31 unspecified atom stereocenters. The highest BCUT2D eigenvalue weighted by Gasteiger charge is 2.69. The Balaban J connectivity index is 0.681. The van der Waals surface area contributed by atoms with Gasteiger partial charge in [0.25, 0.3) is 0 Å². The van der Waals surface area contributed by atoms with E-state index in [-0.39, 0.29) is 134 Å². The van der Waals surface area contributed by atoms with Crippen LogP contribution in [0.2, 0.25) is 0 Å². The average molecular weight is 1070 g/mol. The molecule has 3 N–H and O–H groups in total. The van der Waals surface area contributed by atoms with Crippen LogP contribution in [0.3, 0.4) is 0 Å². The minimum Gasteiger partial charge on any atom is -0.459 e. The molecule has 0 radical (unpaired) electrons. The second-order valence-electron chi connectivity index (χ2n) is 26.4. The molecule has 0 aliphatic carbocycles. The van der Waals surface area contributed by atoms with Crippen molar-refractivity contribution in [1.82, 2.24) is 0 Å². The zero-order valence-corrected chi connectivity index (χ0v) is 44.9. The van der Waals surface area contributed by atoms with Crippen LogP contribution in [0, 0.1) is 23.7 Å². The predicted octanol–water partition coefficient (Wildman–Crippen LogP) is 4.81. The van der Waals surface area contributed by atoms with Gasteiger partial charge in [0.05, 0.1) is 123 Å². The quantitative estimate of drug-likeness (QED) is 0.255. The Bertz CT molecular complexity index is 2200. The molecule has 0 aromatic heterocycles. The van der Waals surface area contributed by atoms with Gasteiger partial charge >= 0.3 is 5.97 Å². The summed E-state index contributed by atoms with van der Waals surface area (Å²) >= 11 is 0. The molecule has 0 aromatic rings. The SMILES string of the molecule is C=C1CC2CCC34CC5OC6C(OC7CCC(CC(=O)OC8C(CC9OC(CCC1O2)CC(C)C9=C)OC1CC2OC9(CC(O)C(C(C)CC%10CC(C)C%11OC(CO)C(O)CC%11O%10)O9)CC2OC1C8C)OC7C6O3)C5O4. The number of hydrogen-bond acceptors (Lipinski definition) is 18. The van der Waals surface area contributed by atoms with Crippen molar-refractivity contribution in [2.75, 3.05) is 6.61 Å². The third-order valence-corrected chi connectivity index (χ3v) is 21.1. The Kier molecular flexibility index (Phi) is 13.8. The van der Waals surface area contributed by atoms with Crippen molar-refractivity contribution >= 4 is 5.97 Å². The molecule has 76 heavy (non-hydrogen) atoms. The van der Waals surface area contributed by atoms with E-state index < -0.39 is 72.6 Å². The van der Waals surface area contributed by atoms with Gasteiger partial charge in [0, 0.05) is 50.9 Å². The van der Waals surface area contributed by atoms with E-state index in [1.807, 2.05) is 0 Å². The standard InChI is InChI=1S/C58H84O18/c1-25-13-31-7-9-37-26(2)14-33(63-37)11-12-57-23-45-53(75-57)54-55(70-45)56(76-57)52-38(68-54)10-8-32(66-52)17-47(62)72-51-30(6)50-43(67-42(51)19-39(64-31)29(25)5)20-40-44(69-50)22-58(73-40)21-36(61)48(74-58)27(3)15-34-16-28(4)49-41(65-34)18-35(60)46(24-59)71-49/h25,27-28,30-46,48-56,59-61H,2,5,7-24H2,1,3-4,6H3. The maximum absolute atomic E-state index is 14.5. The van der Waals surface area contributed by atoms with Crippen molar-refractivity contribution in [3.63, 3.8) is 0 Å². The molecule has 18 nitrogen and oxygen atoms in total. The first-order valence-electron chi connectivity index (χ1n) is 29.7. The van der Waals surface area contributed by atoms with Crippen LogP contribution in [-0.4, -0.2) is 192 Å². The van der Waals surface area contributed by atoms with Crippen molar-refractivity contribution < 1.29 is 86.4 Å². The van der Waals surface area contributed by atoms with E-state index in [9.17, 15) is 20.1 Å². The van der Waals surface area contributed by atoms with Crippen LogP contribution in [0.1, 0.15) is 137 Å². The van der Waals surface area contributed by atoms with Crippen molar-refractivity contribution in [2.45, 2.75) is 301 Å². The zero-order chi connectivity index (χ0) is 52.1. The number of rotatable bonds is 4. The van der Waals surface area contributed by atoms with E-state index in [1.54, 1.807) is 0 Å². The van der Waals surface area contributed by atoms with E-state index in [1.165, 1.54) is 0 Å². The Morgan fingerprint density at radius 3 is 2.16 bits per heavy atom. The summed E-state index contributed by atoms with van der Waals surface area (Å²) in [6.45, 7) is 17.4. The van der Waals surface area contributed by atoms with Crippen molar-refractivity contribution in [3.8, 4) is 0 Å². The van der Waals surface area contributed by atoms with Crippen molar-refractivity contribution in [2.24, 2.45) is 23.7 Å². The number of carbonyl (C=O) groups is 1. The van der Waals surface area contributed by atoms with E-state index in [0.717, 1.165) is 56.1 Å². The number of esters is 1. The monoisotopic (exact) mass is 1070 g/mol. The lowest BCUT2D eigenvalue weighted by Crippen LogP contribution is -2.62. The van der Waals surface area contributed by atoms with E-state index in [2.05, 4.69) is 40.9 Å². The van der Waals surface area contributed by atoms with E-state index >= 15 is 0 Å². The molecule has 0 aromatic carbocycles. The summed E-state index contributed by atoms with van der Waals surface area (Å²) in [5, 5.41) is 32.0. The predicted molar refractivity (Wildman–Crippen MR) is 265 cm³/mol. The molecule has 15 fully saturated rings. The van der Waals surface area contributed by atoms with Gasteiger partial charge in [0.15, 0.2) is 11.6 Å². The van der Waals surface area contributed by atoms with Gasteiger partial charge in [-0.05, 0) is 86.7 Å². The summed E-state index contributed by atoms with van der Waals surface area (Å²) in [7, 11) is 0. The lowest BCUT2D eigenvalue weighted by atomic mass is 9.79. The molecule has 31 atom stereocenters. The van der Waals surface area contributed by atoms with Crippen LogP contribution in [0.15, 0.2) is 24.3 Å². The molecule has 15 aliphatic heterocycles. The van der Waals surface area contributed by atoms with E-state index in [0.29, 0.717) is 57.8 Å². The number of carbonyl (C=O) groups excluding carboxylic acids is 1. The highest BCUT2D eigenvalue weighted by Crippen LogP contribution is 2.56. The van der Waals surface area contributed by atoms with Gasteiger partial charge in [0.2, 0.25) is 0 Å². The maximum atomic E-state index is 14.5. The lowest BCUT2D eigenvalue weighted by Gasteiger charge is -2.50. The minimum absolute atomic E-state index is 0.0138. The summed E-state index contributed by atoms with van der Waals surface area (Å²) in [5.41, 5.74) is 2.14. The third-order valence-electron chi connectivity index (χ3n) is 21.1. The molecule has 12 bridgehead atoms. The minimum atomic E-state index is -1.03. The van der Waals surface area contributed by atoms with Crippen LogP contribution in [0.25, 0.3) is 0 Å². The molecule has 15 rings (SSSR count). The second-order valence-corrected chi connectivity index (χ2v) is 26.4. The Labute approximate surface area is 446 Å². The smallest absolute Gasteiger partial charge is 0.308 e. The van der Waals surface area contributed by atoms with Gasteiger partial charge in [-0.3, -0.25) is 4.79 Å². The topological polar surface area (TPSA) is 207 Å². The fourth-order valence-corrected chi connectivity index (χ4v) is 17.2. The molecule has 2 spiro atoms. The summed E-state index contributed by atoms with van der Waals surface area (Å²) < 4.78 is 95.2. The molecule has 0 saturated carbocycles. The van der Waals surface area contributed by atoms with Gasteiger partial charge in [-0.2, -0.15) is 0 Å². The fourth-order valence-electron chi connectivity index (χ4n) is 17.2. The van der Waals surface area contributed by atoms with Gasteiger partial charge in [-0.1, -0.05) is 40.9 Å². The normalized spacial score (nSPS) is 57.0. The molecule has 18 heteroatoms. The van der Waals surface area contributed by atoms with Gasteiger partial charge in [0.1, 0.15) is 42.7 Å². The van der Waals surface area contributed by atoms with Crippen LogP contribution in [0.5, 0.6) is 0 Å². The highest BCUT2D eigenvalue weighted by molar-refractivity contribution is 5.70. The van der Waals surface area contributed by atoms with Crippen LogP contribution < -0.4 is 0 Å². The first kappa shape index (κ1) is 52.4. The Morgan fingerprint density at radius 1 is 0.566 bits per heavy atom. The van der Waals surface area contributed by atoms with Crippen molar-refractivity contribution in [1.29, 1.82) is 0 Å². The summed E-state index contributed by atoms with van der Waals surface area (Å²) in [6.07, 6.45) is 2.00. The lowest BCUT2D eigenvalue weighted by molar-refractivity contribution is -0.293. The Morgan fingerprint density at radius 2 is 1.30 bits per heavy atom. The van der Waals surface area contributed by atoms with Crippen molar-refractivity contribution in [3.05, 3.63) is 24.3 Å². The number of hydrogen-bond donors (Lipinski definition) is 3. The molecule has 424 valence electrons. The number of aliphatic hydroxyl groups excluding tert-OH is 3. The van der Waals surface area contributed by atoms with Crippen LogP contribution >= 0.6 is 0 Å². The van der Waals surface area contributed by atoms with Crippen LogP contribution in [0.4, 0.5) is 0 Å². The number of fused-ring (bicyclic) bond motifs is 9. The van der Waals surface area contributed by atoms with E-state index in [4.69, 9.17) is 66.3 Å². The Hall–Kier alpha value is -1.69. The van der Waals surface area contributed by atoms with Crippen LogP contribution in [-0.2, 0) is 71.1 Å². The molecule has 15 saturated heterocycles. The average Bonchev–Trinajstić information content (AvgIpc) is 4.33. The number of ether oxygens (including phenoxy) is 14. The summed E-state index contributed by atoms with van der Waals surface area (Å²) in [5.74, 6) is -2.12. The molecule has 15 heterocycles. The van der Waals surface area contributed by atoms with Gasteiger partial charge in [-0.25, -0.2) is 0 Å². The molecule has 15 aliphatic rings. The van der Waals surface area contributed by atoms with Gasteiger partial charge < -0.3 is 81.6 Å².